The van der Waals surface area contributed by atoms with Crippen LogP contribution >= 0.6 is 0 Å². The molecule has 1 aromatic heterocycles. The van der Waals surface area contributed by atoms with Gasteiger partial charge < -0.3 is 15.3 Å². The molecule has 0 spiro atoms. The summed E-state index contributed by atoms with van der Waals surface area (Å²) in [5.41, 5.74) is 3.12. The Morgan fingerprint density at radius 1 is 1.10 bits per heavy atom. The Morgan fingerprint density at radius 3 is 2.57 bits per heavy atom. The van der Waals surface area contributed by atoms with Gasteiger partial charge in [0.15, 0.2) is 0 Å². The zero-order chi connectivity index (χ0) is 20.8. The number of hydrogen-bond acceptors (Lipinski definition) is 4. The van der Waals surface area contributed by atoms with Crippen LogP contribution in [0.25, 0.3) is 11.1 Å². The van der Waals surface area contributed by atoms with E-state index in [-0.39, 0.29) is 24.4 Å². The number of rotatable bonds is 3. The lowest BCUT2D eigenvalue weighted by Gasteiger charge is -2.40. The molecule has 3 heterocycles. The van der Waals surface area contributed by atoms with Gasteiger partial charge in [0.05, 0.1) is 29.7 Å². The first-order valence-electron chi connectivity index (χ1n) is 10.8. The largest absolute Gasteiger partial charge is 0.465 e. The third-order valence-corrected chi connectivity index (χ3v) is 6.43. The monoisotopic (exact) mass is 409 g/mol. The first kappa shape index (κ1) is 19.1. The SMILES string of the molecule is C[C@H]1CN(C(=O)O)c2cc(-c3cnn(C4CCNCC4)c3)ccc2N1C(=O)C1CC1. The molecule has 1 aliphatic carbocycles. The minimum Gasteiger partial charge on any atom is -0.465 e. The van der Waals surface area contributed by atoms with Crippen LogP contribution in [0.2, 0.25) is 0 Å². The molecular formula is C22H27N5O3. The van der Waals surface area contributed by atoms with E-state index in [1.54, 1.807) is 4.90 Å². The summed E-state index contributed by atoms with van der Waals surface area (Å²) in [7, 11) is 0. The number of anilines is 2. The highest BCUT2D eigenvalue weighted by atomic mass is 16.4. The molecule has 1 atom stereocenters. The summed E-state index contributed by atoms with van der Waals surface area (Å²) in [5, 5.41) is 17.7. The standard InChI is InChI=1S/C22H27N5O3/c1-14-12-25(22(29)30)20-10-16(4-5-19(20)27(14)21(28)15-2-3-15)17-11-24-26(13-17)18-6-8-23-9-7-18/h4-5,10-11,13-15,18,23H,2-3,6-9,12H2,1H3,(H,29,30)/t14-/m0/s1. The minimum absolute atomic E-state index is 0.0829. The predicted molar refractivity (Wildman–Crippen MR) is 114 cm³/mol. The average Bonchev–Trinajstić information content (AvgIpc) is 3.49. The van der Waals surface area contributed by atoms with Crippen molar-refractivity contribution in [3.05, 3.63) is 30.6 Å². The smallest absolute Gasteiger partial charge is 0.411 e. The van der Waals surface area contributed by atoms with Gasteiger partial charge in [-0.2, -0.15) is 5.10 Å². The molecule has 1 saturated heterocycles. The minimum atomic E-state index is -0.996. The molecule has 2 aliphatic heterocycles. The van der Waals surface area contributed by atoms with E-state index < -0.39 is 6.09 Å². The van der Waals surface area contributed by atoms with Crippen molar-refractivity contribution < 1.29 is 14.7 Å². The summed E-state index contributed by atoms with van der Waals surface area (Å²) in [6.07, 6.45) is 6.84. The molecule has 0 radical (unpaired) electrons. The molecule has 3 aliphatic rings. The molecule has 8 heteroatoms. The van der Waals surface area contributed by atoms with E-state index in [4.69, 9.17) is 0 Å². The van der Waals surface area contributed by atoms with Crippen LogP contribution in [0.1, 0.15) is 38.6 Å². The molecule has 2 amide bonds. The number of carbonyl (C=O) groups excluding carboxylic acids is 1. The maximum absolute atomic E-state index is 12.9. The van der Waals surface area contributed by atoms with Crippen LogP contribution in [-0.4, -0.2) is 52.6 Å². The van der Waals surface area contributed by atoms with Gasteiger partial charge in [-0.3, -0.25) is 14.4 Å². The number of nitrogens with one attached hydrogen (secondary N) is 1. The normalized spacial score (nSPS) is 22.1. The Bertz CT molecular complexity index is 977. The number of hydrogen-bond donors (Lipinski definition) is 2. The van der Waals surface area contributed by atoms with Crippen molar-refractivity contribution in [2.24, 2.45) is 5.92 Å². The van der Waals surface area contributed by atoms with Gasteiger partial charge in [-0.25, -0.2) is 4.79 Å². The van der Waals surface area contributed by atoms with E-state index in [2.05, 4.69) is 10.4 Å². The lowest BCUT2D eigenvalue weighted by Crippen LogP contribution is -2.52. The van der Waals surface area contributed by atoms with Gasteiger partial charge in [0.1, 0.15) is 0 Å². The zero-order valence-corrected chi connectivity index (χ0v) is 17.1. The molecule has 8 nitrogen and oxygen atoms in total. The van der Waals surface area contributed by atoms with Crippen LogP contribution < -0.4 is 15.1 Å². The van der Waals surface area contributed by atoms with Crippen LogP contribution in [-0.2, 0) is 4.79 Å². The summed E-state index contributed by atoms with van der Waals surface area (Å²) < 4.78 is 2.02. The van der Waals surface area contributed by atoms with Crippen LogP contribution in [0.5, 0.6) is 0 Å². The highest BCUT2D eigenvalue weighted by Crippen LogP contribution is 2.42. The third kappa shape index (κ3) is 3.35. The van der Waals surface area contributed by atoms with Crippen LogP contribution in [0.4, 0.5) is 16.2 Å². The van der Waals surface area contributed by atoms with Crippen molar-refractivity contribution in [3.63, 3.8) is 0 Å². The van der Waals surface area contributed by atoms with E-state index in [0.717, 1.165) is 49.9 Å². The number of fused-ring (bicyclic) bond motifs is 1. The molecule has 1 aromatic carbocycles. The van der Waals surface area contributed by atoms with Crippen molar-refractivity contribution >= 4 is 23.4 Å². The van der Waals surface area contributed by atoms with Gasteiger partial charge in [0.2, 0.25) is 5.91 Å². The molecular weight excluding hydrogens is 382 g/mol. The maximum atomic E-state index is 12.9. The second-order valence-corrected chi connectivity index (χ2v) is 8.62. The number of aromatic nitrogens is 2. The number of carbonyl (C=O) groups is 2. The van der Waals surface area contributed by atoms with Gasteiger partial charge in [-0.15, -0.1) is 0 Å². The number of benzene rings is 1. The first-order valence-corrected chi connectivity index (χ1v) is 10.8. The Balaban J connectivity index is 1.50. The van der Waals surface area contributed by atoms with E-state index in [1.807, 2.05) is 42.2 Å². The molecule has 1 saturated carbocycles. The van der Waals surface area contributed by atoms with Crippen LogP contribution in [0, 0.1) is 5.92 Å². The van der Waals surface area contributed by atoms with Crippen LogP contribution in [0.15, 0.2) is 30.6 Å². The van der Waals surface area contributed by atoms with Crippen molar-refractivity contribution in [3.8, 4) is 11.1 Å². The van der Waals surface area contributed by atoms with Crippen molar-refractivity contribution in [2.75, 3.05) is 29.4 Å². The van der Waals surface area contributed by atoms with E-state index >= 15 is 0 Å². The zero-order valence-electron chi connectivity index (χ0n) is 17.1. The molecule has 158 valence electrons. The highest BCUT2D eigenvalue weighted by molar-refractivity contribution is 6.04. The Morgan fingerprint density at radius 2 is 1.87 bits per heavy atom. The fourth-order valence-corrected chi connectivity index (χ4v) is 4.61. The van der Waals surface area contributed by atoms with E-state index in [0.29, 0.717) is 17.4 Å². The highest BCUT2D eigenvalue weighted by Gasteiger charge is 2.41. The van der Waals surface area contributed by atoms with Crippen molar-refractivity contribution in [1.29, 1.82) is 0 Å². The van der Waals surface area contributed by atoms with Gasteiger partial charge >= 0.3 is 6.09 Å². The Labute approximate surface area is 175 Å². The molecule has 0 unspecified atom stereocenters. The average molecular weight is 409 g/mol. The van der Waals surface area contributed by atoms with Crippen molar-refractivity contribution in [2.45, 2.75) is 44.7 Å². The quantitative estimate of drug-likeness (QED) is 0.813. The number of piperidine rings is 1. The molecule has 5 rings (SSSR count). The number of amides is 2. The summed E-state index contributed by atoms with van der Waals surface area (Å²) in [6.45, 7) is 4.18. The Kier molecular flexibility index (Phi) is 4.73. The lowest BCUT2D eigenvalue weighted by atomic mass is 10.0. The fourth-order valence-electron chi connectivity index (χ4n) is 4.61. The predicted octanol–water partition coefficient (Wildman–Crippen LogP) is 3.10. The molecule has 2 aromatic rings. The second kappa shape index (κ2) is 7.43. The second-order valence-electron chi connectivity index (χ2n) is 8.62. The molecule has 0 bridgehead atoms. The van der Waals surface area contributed by atoms with Crippen molar-refractivity contribution in [1.82, 2.24) is 15.1 Å². The topological polar surface area (TPSA) is 90.7 Å². The molecule has 2 fully saturated rings. The van der Waals surface area contributed by atoms with E-state index in [1.165, 1.54) is 4.90 Å². The van der Waals surface area contributed by atoms with E-state index in [9.17, 15) is 14.7 Å². The first-order chi connectivity index (χ1) is 14.5. The summed E-state index contributed by atoms with van der Waals surface area (Å²) in [6, 6.07) is 5.94. The Hall–Kier alpha value is -2.87. The summed E-state index contributed by atoms with van der Waals surface area (Å²) >= 11 is 0. The number of carboxylic acid groups (broad SMARTS) is 1. The lowest BCUT2D eigenvalue weighted by molar-refractivity contribution is -0.120. The third-order valence-electron chi connectivity index (χ3n) is 6.43. The molecule has 2 N–H and O–H groups in total. The maximum Gasteiger partial charge on any atom is 0.411 e. The van der Waals surface area contributed by atoms with Gasteiger partial charge in [0.25, 0.3) is 0 Å². The molecule has 30 heavy (non-hydrogen) atoms. The number of nitrogens with zero attached hydrogens (tertiary/aromatic N) is 4. The van der Waals surface area contributed by atoms with Gasteiger partial charge in [0, 0.05) is 24.2 Å². The fraction of sp³-hybridized carbons (Fsp3) is 0.500. The summed E-state index contributed by atoms with van der Waals surface area (Å²) in [4.78, 5) is 28.0. The summed E-state index contributed by atoms with van der Waals surface area (Å²) in [5.74, 6) is 0.194. The van der Waals surface area contributed by atoms with Crippen LogP contribution in [0.3, 0.4) is 0 Å². The van der Waals surface area contributed by atoms with Gasteiger partial charge in [-0.1, -0.05) is 6.07 Å². The van der Waals surface area contributed by atoms with Gasteiger partial charge in [-0.05, 0) is 63.4 Å².